The molecule has 0 unspecified atom stereocenters. The second-order valence-corrected chi connectivity index (χ2v) is 3.54. The predicted molar refractivity (Wildman–Crippen MR) is 62.2 cm³/mol. The molecule has 0 fully saturated rings. The highest BCUT2D eigenvalue weighted by Gasteiger charge is 2.14. The normalized spacial score (nSPS) is 11.6. The van der Waals surface area contributed by atoms with Crippen LogP contribution in [0.4, 0.5) is 5.69 Å². The van der Waals surface area contributed by atoms with Crippen LogP contribution < -0.4 is 16.5 Å². The van der Waals surface area contributed by atoms with Gasteiger partial charge in [-0.15, -0.1) is 0 Å². The zero-order valence-electron chi connectivity index (χ0n) is 9.22. The van der Waals surface area contributed by atoms with Crippen LogP contribution in [-0.2, 0) is 9.59 Å². The second-order valence-electron chi connectivity index (χ2n) is 3.54. The smallest absolute Gasteiger partial charge is 0.260 e. The third-order valence-electron chi connectivity index (χ3n) is 2.19. The molecule has 1 aromatic rings. The molecule has 5 N–H and O–H groups in total. The maximum atomic E-state index is 11.5. The van der Waals surface area contributed by atoms with E-state index in [1.165, 1.54) is 5.48 Å². The summed E-state index contributed by atoms with van der Waals surface area (Å²) in [6.07, 6.45) is 0.286. The van der Waals surface area contributed by atoms with Gasteiger partial charge < -0.3 is 11.1 Å². The number of rotatable bonds is 5. The van der Waals surface area contributed by atoms with Gasteiger partial charge in [-0.3, -0.25) is 14.8 Å². The predicted octanol–water partition coefficient (Wildman–Crippen LogP) is 0.238. The molecule has 0 heterocycles. The van der Waals surface area contributed by atoms with Crippen molar-refractivity contribution in [2.75, 3.05) is 5.32 Å². The highest BCUT2D eigenvalue weighted by molar-refractivity contribution is 5.91. The number of hydrogen-bond acceptors (Lipinski definition) is 4. The molecule has 92 valence electrons. The first-order valence-electron chi connectivity index (χ1n) is 5.18. The first-order chi connectivity index (χ1) is 8.13. The van der Waals surface area contributed by atoms with Crippen molar-refractivity contribution in [2.24, 2.45) is 5.73 Å². The van der Waals surface area contributed by atoms with Crippen molar-refractivity contribution in [2.45, 2.75) is 18.9 Å². The van der Waals surface area contributed by atoms with Gasteiger partial charge in [0.05, 0.1) is 6.04 Å². The number of amides is 2. The summed E-state index contributed by atoms with van der Waals surface area (Å²) in [5.41, 5.74) is 7.55. The number of nitrogens with two attached hydrogens (primary N) is 1. The van der Waals surface area contributed by atoms with Crippen molar-refractivity contribution < 1.29 is 14.8 Å². The van der Waals surface area contributed by atoms with Crippen LogP contribution in [0.2, 0.25) is 0 Å². The summed E-state index contributed by atoms with van der Waals surface area (Å²) < 4.78 is 0. The Morgan fingerprint density at radius 2 is 1.94 bits per heavy atom. The molecule has 0 radical (unpaired) electrons. The fourth-order valence-electron chi connectivity index (χ4n) is 1.25. The van der Waals surface area contributed by atoms with Crippen LogP contribution in [0.3, 0.4) is 0 Å². The average Bonchev–Trinajstić information content (AvgIpc) is 2.36. The SMILES string of the molecule is N[C@@H](CCC(=O)Nc1ccccc1)C(=O)NO. The van der Waals surface area contributed by atoms with E-state index in [1.54, 1.807) is 24.3 Å². The van der Waals surface area contributed by atoms with E-state index in [-0.39, 0.29) is 18.7 Å². The number of hydrogen-bond donors (Lipinski definition) is 4. The van der Waals surface area contributed by atoms with Gasteiger partial charge >= 0.3 is 0 Å². The van der Waals surface area contributed by atoms with Gasteiger partial charge in [-0.25, -0.2) is 5.48 Å². The molecule has 1 aromatic carbocycles. The molecule has 6 nitrogen and oxygen atoms in total. The molecule has 0 aliphatic carbocycles. The van der Waals surface area contributed by atoms with Gasteiger partial charge in [0.2, 0.25) is 5.91 Å². The molecular weight excluding hydrogens is 222 g/mol. The minimum absolute atomic E-state index is 0.115. The van der Waals surface area contributed by atoms with Crippen molar-refractivity contribution in [3.05, 3.63) is 30.3 Å². The minimum atomic E-state index is -0.887. The number of benzene rings is 1. The van der Waals surface area contributed by atoms with Gasteiger partial charge in [-0.05, 0) is 18.6 Å². The molecule has 1 rings (SSSR count). The molecular formula is C11H15N3O3. The van der Waals surface area contributed by atoms with Crippen LogP contribution in [-0.4, -0.2) is 23.1 Å². The second kappa shape index (κ2) is 6.62. The summed E-state index contributed by atoms with van der Waals surface area (Å²) in [6.45, 7) is 0. The number of anilines is 1. The van der Waals surface area contributed by atoms with E-state index in [4.69, 9.17) is 10.9 Å². The lowest BCUT2D eigenvalue weighted by atomic mass is 10.1. The Bertz CT molecular complexity index is 381. The molecule has 17 heavy (non-hydrogen) atoms. The lowest BCUT2D eigenvalue weighted by molar-refractivity contribution is -0.130. The third-order valence-corrected chi connectivity index (χ3v) is 2.19. The maximum Gasteiger partial charge on any atom is 0.260 e. The molecule has 2 amide bonds. The molecule has 0 saturated heterocycles. The summed E-state index contributed by atoms with van der Waals surface area (Å²) in [5, 5.41) is 11.0. The van der Waals surface area contributed by atoms with Crippen LogP contribution >= 0.6 is 0 Å². The van der Waals surface area contributed by atoms with E-state index in [2.05, 4.69) is 5.32 Å². The Balaban J connectivity index is 2.33. The Morgan fingerprint density at radius 1 is 1.29 bits per heavy atom. The standard InChI is InChI=1S/C11H15N3O3/c12-9(11(16)14-17)6-7-10(15)13-8-4-2-1-3-5-8/h1-5,9,17H,6-7,12H2,(H,13,15)(H,14,16)/t9-/m0/s1. The van der Waals surface area contributed by atoms with Crippen molar-refractivity contribution >= 4 is 17.5 Å². The number of carbonyl (C=O) groups excluding carboxylic acids is 2. The van der Waals surface area contributed by atoms with Crippen LogP contribution in [0.15, 0.2) is 30.3 Å². The molecule has 1 atom stereocenters. The van der Waals surface area contributed by atoms with E-state index >= 15 is 0 Å². The van der Waals surface area contributed by atoms with Gasteiger partial charge in [0, 0.05) is 12.1 Å². The minimum Gasteiger partial charge on any atom is -0.326 e. The third kappa shape index (κ3) is 4.62. The summed E-state index contributed by atoms with van der Waals surface area (Å²) in [5.74, 6) is -0.921. The number of para-hydroxylation sites is 1. The maximum absolute atomic E-state index is 11.5. The van der Waals surface area contributed by atoms with Gasteiger partial charge in [-0.2, -0.15) is 0 Å². The van der Waals surface area contributed by atoms with E-state index in [1.807, 2.05) is 6.07 Å². The van der Waals surface area contributed by atoms with Crippen molar-refractivity contribution in [1.82, 2.24) is 5.48 Å². The van der Waals surface area contributed by atoms with Crippen molar-refractivity contribution in [1.29, 1.82) is 0 Å². The number of carbonyl (C=O) groups is 2. The summed E-state index contributed by atoms with van der Waals surface area (Å²) in [6, 6.07) is 8.09. The van der Waals surface area contributed by atoms with Crippen LogP contribution in [0.1, 0.15) is 12.8 Å². The molecule has 0 aliphatic heterocycles. The van der Waals surface area contributed by atoms with Gasteiger partial charge in [-0.1, -0.05) is 18.2 Å². The average molecular weight is 237 g/mol. The zero-order valence-corrected chi connectivity index (χ0v) is 9.22. The van der Waals surface area contributed by atoms with Gasteiger partial charge in [0.25, 0.3) is 5.91 Å². The Morgan fingerprint density at radius 3 is 2.53 bits per heavy atom. The summed E-state index contributed by atoms with van der Waals surface area (Å²) in [4.78, 5) is 22.3. The zero-order chi connectivity index (χ0) is 12.7. The van der Waals surface area contributed by atoms with E-state index in [9.17, 15) is 9.59 Å². The summed E-state index contributed by atoms with van der Waals surface area (Å²) in [7, 11) is 0. The van der Waals surface area contributed by atoms with E-state index in [0.717, 1.165) is 0 Å². The van der Waals surface area contributed by atoms with Crippen molar-refractivity contribution in [3.8, 4) is 0 Å². The van der Waals surface area contributed by atoms with E-state index < -0.39 is 11.9 Å². The van der Waals surface area contributed by atoms with Crippen molar-refractivity contribution in [3.63, 3.8) is 0 Å². The molecule has 6 heteroatoms. The topological polar surface area (TPSA) is 104 Å². The van der Waals surface area contributed by atoms with Crippen LogP contribution in [0, 0.1) is 0 Å². The Hall–Kier alpha value is -1.92. The highest BCUT2D eigenvalue weighted by Crippen LogP contribution is 2.06. The number of nitrogens with one attached hydrogen (secondary N) is 2. The highest BCUT2D eigenvalue weighted by atomic mass is 16.5. The first kappa shape index (κ1) is 13.1. The Labute approximate surface area is 98.8 Å². The monoisotopic (exact) mass is 237 g/mol. The lowest BCUT2D eigenvalue weighted by Gasteiger charge is -2.09. The van der Waals surface area contributed by atoms with Crippen LogP contribution in [0.5, 0.6) is 0 Å². The van der Waals surface area contributed by atoms with Crippen LogP contribution in [0.25, 0.3) is 0 Å². The van der Waals surface area contributed by atoms with E-state index in [0.29, 0.717) is 5.69 Å². The summed E-state index contributed by atoms with van der Waals surface area (Å²) >= 11 is 0. The molecule has 0 spiro atoms. The van der Waals surface area contributed by atoms with Gasteiger partial charge in [0.15, 0.2) is 0 Å². The lowest BCUT2D eigenvalue weighted by Crippen LogP contribution is -2.39. The molecule has 0 bridgehead atoms. The number of hydroxylamine groups is 1. The fraction of sp³-hybridized carbons (Fsp3) is 0.273. The molecule has 0 aromatic heterocycles. The quantitative estimate of drug-likeness (QED) is 0.435. The molecule has 0 saturated carbocycles. The molecule has 0 aliphatic rings. The Kier molecular flexibility index (Phi) is 5.12. The largest absolute Gasteiger partial charge is 0.326 e. The fourth-order valence-corrected chi connectivity index (χ4v) is 1.25. The van der Waals surface area contributed by atoms with Gasteiger partial charge in [0.1, 0.15) is 0 Å². The first-order valence-corrected chi connectivity index (χ1v) is 5.18.